The Hall–Kier alpha value is -2.24. The number of nitrogens with one attached hydrogen (secondary N) is 1. The van der Waals surface area contributed by atoms with Crippen LogP contribution in [0.4, 0.5) is 6.01 Å². The van der Waals surface area contributed by atoms with E-state index in [9.17, 15) is 4.79 Å². The van der Waals surface area contributed by atoms with Crippen LogP contribution in [-0.4, -0.2) is 21.0 Å². The van der Waals surface area contributed by atoms with E-state index in [1.165, 1.54) is 6.20 Å². The first-order valence-corrected chi connectivity index (χ1v) is 4.28. The largest absolute Gasteiger partial charge is 0.328 e. The molecule has 0 spiro atoms. The second-order valence-corrected chi connectivity index (χ2v) is 2.82. The van der Waals surface area contributed by atoms with Crippen LogP contribution in [0.1, 0.15) is 16.3 Å². The van der Waals surface area contributed by atoms with Crippen LogP contribution < -0.4 is 5.32 Å². The van der Waals surface area contributed by atoms with E-state index < -0.39 is 0 Å². The summed E-state index contributed by atoms with van der Waals surface area (Å²) < 4.78 is 4.74. The lowest BCUT2D eigenvalue weighted by Gasteiger charge is -1.97. The molecular formula is C9H8N4O2. The van der Waals surface area contributed by atoms with Gasteiger partial charge in [-0.2, -0.15) is 4.98 Å². The van der Waals surface area contributed by atoms with Crippen LogP contribution in [0.2, 0.25) is 0 Å². The molecular weight excluding hydrogens is 196 g/mol. The first-order chi connectivity index (χ1) is 7.25. The van der Waals surface area contributed by atoms with E-state index in [0.717, 1.165) is 0 Å². The Morgan fingerprint density at radius 1 is 1.47 bits per heavy atom. The maximum Gasteiger partial charge on any atom is 0.328 e. The molecule has 76 valence electrons. The lowest BCUT2D eigenvalue weighted by atomic mass is 10.3. The first kappa shape index (κ1) is 9.32. The lowest BCUT2D eigenvalue weighted by molar-refractivity contribution is 0.101. The molecule has 6 heteroatoms. The van der Waals surface area contributed by atoms with Gasteiger partial charge >= 0.3 is 6.01 Å². The maximum absolute atomic E-state index is 11.5. The smallest absolute Gasteiger partial charge is 0.315 e. The molecule has 0 unspecified atom stereocenters. The third-order valence-electron chi connectivity index (χ3n) is 1.65. The molecule has 0 saturated carbocycles. The van der Waals surface area contributed by atoms with Gasteiger partial charge in [-0.05, 0) is 19.1 Å². The molecule has 6 nitrogen and oxygen atoms in total. The van der Waals surface area contributed by atoms with Crippen molar-refractivity contribution in [3.63, 3.8) is 0 Å². The summed E-state index contributed by atoms with van der Waals surface area (Å²) in [6.07, 6.45) is 1.54. The van der Waals surface area contributed by atoms with E-state index >= 15 is 0 Å². The van der Waals surface area contributed by atoms with Crippen LogP contribution in [0.5, 0.6) is 0 Å². The minimum atomic E-state index is -0.376. The zero-order valence-electron chi connectivity index (χ0n) is 7.97. The molecule has 2 rings (SSSR count). The number of hydrogen-bond acceptors (Lipinski definition) is 5. The van der Waals surface area contributed by atoms with Crippen molar-refractivity contribution >= 4 is 11.9 Å². The summed E-state index contributed by atoms with van der Waals surface area (Å²) in [4.78, 5) is 19.2. The van der Waals surface area contributed by atoms with Gasteiger partial charge in [-0.1, -0.05) is 11.2 Å². The van der Waals surface area contributed by atoms with Crippen LogP contribution in [0, 0.1) is 6.92 Å². The summed E-state index contributed by atoms with van der Waals surface area (Å²) in [5, 5.41) is 5.98. The Kier molecular flexibility index (Phi) is 2.40. The summed E-state index contributed by atoms with van der Waals surface area (Å²) in [5.41, 5.74) is 0.299. The van der Waals surface area contributed by atoms with Gasteiger partial charge in [0, 0.05) is 6.20 Å². The number of aromatic nitrogens is 3. The van der Waals surface area contributed by atoms with Gasteiger partial charge in [-0.15, -0.1) is 0 Å². The molecule has 0 radical (unpaired) electrons. The van der Waals surface area contributed by atoms with Crippen molar-refractivity contribution < 1.29 is 9.32 Å². The number of aryl methyl sites for hydroxylation is 1. The second kappa shape index (κ2) is 3.87. The van der Waals surface area contributed by atoms with Gasteiger partial charge in [0.25, 0.3) is 5.91 Å². The average molecular weight is 204 g/mol. The van der Waals surface area contributed by atoms with Gasteiger partial charge in [-0.3, -0.25) is 15.1 Å². The number of carbonyl (C=O) groups is 1. The summed E-state index contributed by atoms with van der Waals surface area (Å²) in [5.74, 6) is 0.0885. The Labute approximate surface area is 85.3 Å². The Bertz CT molecular complexity index is 466. The highest BCUT2D eigenvalue weighted by Crippen LogP contribution is 2.04. The zero-order chi connectivity index (χ0) is 10.7. The van der Waals surface area contributed by atoms with Crippen LogP contribution in [-0.2, 0) is 0 Å². The molecule has 0 aliphatic heterocycles. The SMILES string of the molecule is Cc1noc(NC(=O)c2ccccn2)n1. The van der Waals surface area contributed by atoms with Crippen molar-refractivity contribution in [2.45, 2.75) is 6.92 Å². The van der Waals surface area contributed by atoms with Gasteiger partial charge < -0.3 is 4.52 Å². The Balaban J connectivity index is 2.11. The molecule has 1 amide bonds. The van der Waals surface area contributed by atoms with Crippen LogP contribution in [0.3, 0.4) is 0 Å². The van der Waals surface area contributed by atoms with Gasteiger partial charge in [0.2, 0.25) is 0 Å². The zero-order valence-corrected chi connectivity index (χ0v) is 7.97. The molecule has 0 aliphatic carbocycles. The number of anilines is 1. The fraction of sp³-hybridized carbons (Fsp3) is 0.111. The number of carbonyl (C=O) groups excluding carboxylic acids is 1. The normalized spacial score (nSPS) is 9.93. The third-order valence-corrected chi connectivity index (χ3v) is 1.65. The fourth-order valence-electron chi connectivity index (χ4n) is 1.01. The highest BCUT2D eigenvalue weighted by molar-refractivity contribution is 6.01. The minimum absolute atomic E-state index is 0.0724. The second-order valence-electron chi connectivity index (χ2n) is 2.82. The van der Waals surface area contributed by atoms with Crippen LogP contribution in [0.15, 0.2) is 28.9 Å². The standard InChI is InChI=1S/C9H8N4O2/c1-6-11-9(15-13-6)12-8(14)7-4-2-3-5-10-7/h2-5H,1H3,(H,11,12,13,14). The molecule has 0 aromatic carbocycles. The van der Waals surface area contributed by atoms with E-state index in [1.54, 1.807) is 25.1 Å². The van der Waals surface area contributed by atoms with Gasteiger partial charge in [-0.25, -0.2) is 0 Å². The van der Waals surface area contributed by atoms with E-state index in [-0.39, 0.29) is 11.9 Å². The molecule has 0 aliphatic rings. The average Bonchev–Trinajstić information content (AvgIpc) is 2.65. The first-order valence-electron chi connectivity index (χ1n) is 4.28. The monoisotopic (exact) mass is 204 g/mol. The van der Waals surface area contributed by atoms with E-state index in [0.29, 0.717) is 11.5 Å². The number of nitrogens with zero attached hydrogens (tertiary/aromatic N) is 3. The molecule has 2 aromatic heterocycles. The number of rotatable bonds is 2. The molecule has 0 fully saturated rings. The summed E-state index contributed by atoms with van der Waals surface area (Å²) in [6, 6.07) is 5.12. The molecule has 15 heavy (non-hydrogen) atoms. The highest BCUT2D eigenvalue weighted by atomic mass is 16.5. The van der Waals surface area contributed by atoms with Gasteiger partial charge in [0.15, 0.2) is 5.82 Å². The molecule has 0 bridgehead atoms. The predicted octanol–water partition coefficient (Wildman–Crippen LogP) is 1.03. The Morgan fingerprint density at radius 2 is 2.33 bits per heavy atom. The van der Waals surface area contributed by atoms with E-state index in [1.807, 2.05) is 0 Å². The highest BCUT2D eigenvalue weighted by Gasteiger charge is 2.10. The van der Waals surface area contributed by atoms with Gasteiger partial charge in [0.1, 0.15) is 5.69 Å². The molecule has 1 N–H and O–H groups in total. The predicted molar refractivity (Wildman–Crippen MR) is 51.2 cm³/mol. The minimum Gasteiger partial charge on any atom is -0.315 e. The topological polar surface area (TPSA) is 80.9 Å². The third kappa shape index (κ3) is 2.16. The summed E-state index contributed by atoms with van der Waals surface area (Å²) >= 11 is 0. The fourth-order valence-corrected chi connectivity index (χ4v) is 1.01. The van der Waals surface area contributed by atoms with Crippen molar-refractivity contribution in [3.8, 4) is 0 Å². The van der Waals surface area contributed by atoms with Crippen molar-refractivity contribution in [2.24, 2.45) is 0 Å². The Morgan fingerprint density at radius 3 is 2.93 bits per heavy atom. The van der Waals surface area contributed by atoms with E-state index in [4.69, 9.17) is 4.52 Å². The van der Waals surface area contributed by atoms with Crippen molar-refractivity contribution in [1.82, 2.24) is 15.1 Å². The quantitative estimate of drug-likeness (QED) is 0.789. The molecule has 0 atom stereocenters. The lowest BCUT2D eigenvalue weighted by Crippen LogP contribution is -2.13. The molecule has 0 saturated heterocycles. The van der Waals surface area contributed by atoms with Gasteiger partial charge in [0.05, 0.1) is 0 Å². The maximum atomic E-state index is 11.5. The van der Waals surface area contributed by atoms with Crippen LogP contribution in [0.25, 0.3) is 0 Å². The van der Waals surface area contributed by atoms with E-state index in [2.05, 4.69) is 20.4 Å². The molecule has 2 heterocycles. The van der Waals surface area contributed by atoms with Crippen molar-refractivity contribution in [3.05, 3.63) is 35.9 Å². The molecule has 2 aromatic rings. The van der Waals surface area contributed by atoms with Crippen molar-refractivity contribution in [2.75, 3.05) is 5.32 Å². The number of pyridine rings is 1. The summed E-state index contributed by atoms with van der Waals surface area (Å²) in [6.45, 7) is 1.67. The number of hydrogen-bond donors (Lipinski definition) is 1. The van der Waals surface area contributed by atoms with Crippen molar-refractivity contribution in [1.29, 1.82) is 0 Å². The number of amides is 1. The summed E-state index contributed by atoms with van der Waals surface area (Å²) in [7, 11) is 0. The van der Waals surface area contributed by atoms with Crippen LogP contribution >= 0.6 is 0 Å².